The molecule has 0 spiro atoms. The molecule has 0 fully saturated rings. The van der Waals surface area contributed by atoms with Crippen molar-refractivity contribution in [3.05, 3.63) is 54.6 Å². The first kappa shape index (κ1) is 20.4. The van der Waals surface area contributed by atoms with Crippen LogP contribution in [0.15, 0.2) is 54.6 Å². The molecule has 0 aromatic heterocycles. The zero-order valence-electron chi connectivity index (χ0n) is 15.5. The summed E-state index contributed by atoms with van der Waals surface area (Å²) in [6.07, 6.45) is 1.38. The molecule has 0 aliphatic heterocycles. The average Bonchev–Trinajstić information content (AvgIpc) is 2.60. The Labute approximate surface area is 159 Å². The number of sulfonamides is 1. The van der Waals surface area contributed by atoms with E-state index in [-0.39, 0.29) is 5.91 Å². The highest BCUT2D eigenvalue weighted by Gasteiger charge is 2.31. The van der Waals surface area contributed by atoms with Crippen LogP contribution in [-0.2, 0) is 19.6 Å². The summed E-state index contributed by atoms with van der Waals surface area (Å²) < 4.78 is 25.8. The first-order chi connectivity index (χ1) is 12.7. The second-order valence-electron chi connectivity index (χ2n) is 6.07. The van der Waals surface area contributed by atoms with Gasteiger partial charge in [0.05, 0.1) is 11.9 Å². The molecular formula is C19H23N3O4S. The molecule has 2 N–H and O–H groups in total. The lowest BCUT2D eigenvalue weighted by Crippen LogP contribution is -2.46. The lowest BCUT2D eigenvalue weighted by Gasteiger charge is -2.30. The summed E-state index contributed by atoms with van der Waals surface area (Å²) in [5.74, 6) is -0.622. The van der Waals surface area contributed by atoms with E-state index in [9.17, 15) is 18.0 Å². The van der Waals surface area contributed by atoms with Crippen LogP contribution in [0.25, 0.3) is 0 Å². The third-order valence-electron chi connectivity index (χ3n) is 3.81. The molecule has 144 valence electrons. The van der Waals surface area contributed by atoms with E-state index in [0.717, 1.165) is 10.6 Å². The van der Waals surface area contributed by atoms with E-state index in [1.54, 1.807) is 61.5 Å². The van der Waals surface area contributed by atoms with Crippen LogP contribution >= 0.6 is 0 Å². The van der Waals surface area contributed by atoms with Crippen LogP contribution in [-0.4, -0.2) is 32.5 Å². The van der Waals surface area contributed by atoms with Gasteiger partial charge in [-0.25, -0.2) is 8.42 Å². The minimum atomic E-state index is -3.66. The Balaban J connectivity index is 2.24. The van der Waals surface area contributed by atoms with E-state index in [0.29, 0.717) is 23.5 Å². The Morgan fingerprint density at radius 3 is 1.93 bits per heavy atom. The highest BCUT2D eigenvalue weighted by Crippen LogP contribution is 2.23. The fraction of sp³-hybridized carbons (Fsp3) is 0.263. The van der Waals surface area contributed by atoms with Gasteiger partial charge in [-0.05, 0) is 42.8 Å². The average molecular weight is 389 g/mol. The number of rotatable bonds is 7. The van der Waals surface area contributed by atoms with Crippen molar-refractivity contribution in [2.45, 2.75) is 26.3 Å². The van der Waals surface area contributed by atoms with Crippen LogP contribution in [0.4, 0.5) is 17.1 Å². The Kier molecular flexibility index (Phi) is 6.57. The first-order valence-electron chi connectivity index (χ1n) is 8.45. The quantitative estimate of drug-likeness (QED) is 0.761. The minimum absolute atomic E-state index is 0.190. The molecule has 2 aromatic carbocycles. The van der Waals surface area contributed by atoms with Crippen molar-refractivity contribution in [3.63, 3.8) is 0 Å². The Morgan fingerprint density at radius 1 is 0.963 bits per heavy atom. The van der Waals surface area contributed by atoms with Gasteiger partial charge >= 0.3 is 0 Å². The van der Waals surface area contributed by atoms with Gasteiger partial charge < -0.3 is 10.6 Å². The van der Waals surface area contributed by atoms with E-state index < -0.39 is 22.0 Å². The third-order valence-corrected chi connectivity index (χ3v) is 4.99. The van der Waals surface area contributed by atoms with Crippen LogP contribution in [0.1, 0.15) is 20.3 Å². The fourth-order valence-corrected chi connectivity index (χ4v) is 3.91. The van der Waals surface area contributed by atoms with E-state index in [2.05, 4.69) is 10.6 Å². The second-order valence-corrected chi connectivity index (χ2v) is 7.93. The van der Waals surface area contributed by atoms with Gasteiger partial charge in [-0.1, -0.05) is 25.1 Å². The number of nitrogens with zero attached hydrogens (tertiary/aromatic N) is 1. The highest BCUT2D eigenvalue weighted by molar-refractivity contribution is 7.92. The summed E-state index contributed by atoms with van der Waals surface area (Å²) in [5, 5.41) is 5.38. The molecule has 0 aliphatic rings. The molecule has 0 aliphatic carbocycles. The van der Waals surface area contributed by atoms with Gasteiger partial charge in [0, 0.05) is 18.3 Å². The lowest BCUT2D eigenvalue weighted by atomic mass is 10.1. The SMILES string of the molecule is CC[C@@H](C(=O)Nc1ccc(NC(C)=O)cc1)N(c1ccccc1)S(C)(=O)=O. The molecule has 27 heavy (non-hydrogen) atoms. The maximum atomic E-state index is 12.8. The van der Waals surface area contributed by atoms with E-state index in [1.807, 2.05) is 0 Å². The van der Waals surface area contributed by atoms with Gasteiger partial charge in [-0.3, -0.25) is 13.9 Å². The van der Waals surface area contributed by atoms with Crippen molar-refractivity contribution in [3.8, 4) is 0 Å². The summed E-state index contributed by atoms with van der Waals surface area (Å²) in [6.45, 7) is 3.16. The molecule has 0 saturated heterocycles. The van der Waals surface area contributed by atoms with Crippen molar-refractivity contribution in [2.24, 2.45) is 0 Å². The molecule has 0 bridgehead atoms. The van der Waals surface area contributed by atoms with E-state index in [4.69, 9.17) is 0 Å². The number of carbonyl (C=O) groups excluding carboxylic acids is 2. The maximum absolute atomic E-state index is 12.8. The van der Waals surface area contributed by atoms with Gasteiger partial charge in [-0.2, -0.15) is 0 Å². The van der Waals surface area contributed by atoms with Gasteiger partial charge in [0.1, 0.15) is 6.04 Å². The van der Waals surface area contributed by atoms with Gasteiger partial charge in [0.25, 0.3) is 0 Å². The maximum Gasteiger partial charge on any atom is 0.248 e. The molecule has 2 amide bonds. The topological polar surface area (TPSA) is 95.6 Å². The van der Waals surface area contributed by atoms with Crippen molar-refractivity contribution in [1.29, 1.82) is 0 Å². The molecule has 8 heteroatoms. The molecule has 0 unspecified atom stereocenters. The summed E-state index contributed by atoms with van der Waals surface area (Å²) in [7, 11) is -3.66. The van der Waals surface area contributed by atoms with Crippen molar-refractivity contribution in [2.75, 3.05) is 21.2 Å². The Bertz CT molecular complexity index is 896. The zero-order chi connectivity index (χ0) is 20.0. The van der Waals surface area contributed by atoms with E-state index in [1.165, 1.54) is 6.92 Å². The van der Waals surface area contributed by atoms with Crippen LogP contribution in [0, 0.1) is 0 Å². The normalized spacial score (nSPS) is 12.1. The number of anilines is 3. The smallest absolute Gasteiger partial charge is 0.248 e. The predicted molar refractivity (Wildman–Crippen MR) is 107 cm³/mol. The summed E-state index contributed by atoms with van der Waals surface area (Å²) in [5.41, 5.74) is 1.55. The highest BCUT2D eigenvalue weighted by atomic mass is 32.2. The summed E-state index contributed by atoms with van der Waals surface area (Å²) >= 11 is 0. The van der Waals surface area contributed by atoms with Crippen molar-refractivity contribution in [1.82, 2.24) is 0 Å². The van der Waals surface area contributed by atoms with Gasteiger partial charge in [0.15, 0.2) is 0 Å². The molecule has 0 radical (unpaired) electrons. The summed E-state index contributed by atoms with van der Waals surface area (Å²) in [6, 6.07) is 14.2. The third kappa shape index (κ3) is 5.55. The molecule has 7 nitrogen and oxygen atoms in total. The standard InChI is InChI=1S/C19H23N3O4S/c1-4-18(22(27(3,25)26)17-8-6-5-7-9-17)19(24)21-16-12-10-15(11-13-16)20-14(2)23/h5-13,18H,4H2,1-3H3,(H,20,23)(H,21,24)/t18-/m0/s1. The lowest BCUT2D eigenvalue weighted by molar-refractivity contribution is -0.117. The van der Waals surface area contributed by atoms with Crippen LogP contribution in [0.5, 0.6) is 0 Å². The molecule has 0 saturated carbocycles. The summed E-state index contributed by atoms with van der Waals surface area (Å²) in [4.78, 5) is 23.8. The molecule has 2 aromatic rings. The van der Waals surface area contributed by atoms with Gasteiger partial charge in [0.2, 0.25) is 21.8 Å². The number of amides is 2. The minimum Gasteiger partial charge on any atom is -0.326 e. The number of benzene rings is 2. The van der Waals surface area contributed by atoms with E-state index >= 15 is 0 Å². The van der Waals surface area contributed by atoms with Crippen LogP contribution in [0.2, 0.25) is 0 Å². The Hall–Kier alpha value is -2.87. The number of nitrogens with one attached hydrogen (secondary N) is 2. The monoisotopic (exact) mass is 389 g/mol. The number of hydrogen-bond donors (Lipinski definition) is 2. The molecule has 0 heterocycles. The zero-order valence-corrected chi connectivity index (χ0v) is 16.3. The van der Waals surface area contributed by atoms with Crippen molar-refractivity contribution < 1.29 is 18.0 Å². The molecule has 1 atom stereocenters. The van der Waals surface area contributed by atoms with Crippen LogP contribution in [0.3, 0.4) is 0 Å². The van der Waals surface area contributed by atoms with Crippen LogP contribution < -0.4 is 14.9 Å². The molecule has 2 rings (SSSR count). The fourth-order valence-electron chi connectivity index (χ4n) is 2.70. The number of hydrogen-bond acceptors (Lipinski definition) is 4. The Morgan fingerprint density at radius 2 is 1.48 bits per heavy atom. The second kappa shape index (κ2) is 8.68. The largest absolute Gasteiger partial charge is 0.326 e. The van der Waals surface area contributed by atoms with Crippen molar-refractivity contribution >= 4 is 38.9 Å². The number of carbonyl (C=O) groups is 2. The molecular weight excluding hydrogens is 366 g/mol. The first-order valence-corrected chi connectivity index (χ1v) is 10.3. The predicted octanol–water partition coefficient (Wildman–Crippen LogP) is 2.83. The number of para-hydroxylation sites is 1. The van der Waals surface area contributed by atoms with Gasteiger partial charge in [-0.15, -0.1) is 0 Å².